The Morgan fingerprint density at radius 2 is 1.76 bits per heavy atom. The Bertz CT molecular complexity index is 1310. The third-order valence-corrected chi connectivity index (χ3v) is 6.03. The van der Waals surface area contributed by atoms with Crippen molar-refractivity contribution in [2.24, 2.45) is 0 Å². The highest BCUT2D eigenvalue weighted by molar-refractivity contribution is 7.48. The van der Waals surface area contributed by atoms with Crippen LogP contribution >= 0.6 is 7.82 Å². The van der Waals surface area contributed by atoms with E-state index in [-0.39, 0.29) is 11.7 Å². The van der Waals surface area contributed by atoms with Gasteiger partial charge in [0.25, 0.3) is 0 Å². The lowest BCUT2D eigenvalue weighted by atomic mass is 10.0. The molecular formula is C23H26N3O10P. The number of hydrogen-bond acceptors (Lipinski definition) is 11. The lowest BCUT2D eigenvalue weighted by Crippen LogP contribution is -2.17. The third-order valence-electron chi connectivity index (χ3n) is 4.73. The maximum absolute atomic E-state index is 12.8. The fraction of sp³-hybridized carbons (Fsp3) is 0.304. The first-order chi connectivity index (χ1) is 17.7. The number of phosphoric acid groups is 1. The molecule has 1 amide bonds. The van der Waals surface area contributed by atoms with Gasteiger partial charge in [-0.25, -0.2) is 23.7 Å². The fourth-order valence-electron chi connectivity index (χ4n) is 3.03. The van der Waals surface area contributed by atoms with Gasteiger partial charge in [0.15, 0.2) is 5.78 Å². The number of hydrogen-bond donors (Lipinski definition) is 1. The quantitative estimate of drug-likeness (QED) is 0.157. The van der Waals surface area contributed by atoms with Gasteiger partial charge in [0.05, 0.1) is 24.2 Å². The van der Waals surface area contributed by atoms with E-state index < -0.39 is 39.7 Å². The Morgan fingerprint density at radius 3 is 2.41 bits per heavy atom. The Hall–Kier alpha value is -3.77. The highest BCUT2D eigenvalue weighted by atomic mass is 31.2. The predicted octanol–water partition coefficient (Wildman–Crippen LogP) is 4.71. The SMILES string of the molecule is COC(=O)Nc1nc2cc(C(=O)c3ccccc3)ccc2n1COP(=O)(OC)OCOC(=O)OC(C)C. The van der Waals surface area contributed by atoms with Crippen LogP contribution in [0.4, 0.5) is 15.5 Å². The summed E-state index contributed by atoms with van der Waals surface area (Å²) in [4.78, 5) is 40.5. The van der Waals surface area contributed by atoms with Crippen LogP contribution in [0, 0.1) is 0 Å². The van der Waals surface area contributed by atoms with Crippen molar-refractivity contribution in [3.8, 4) is 0 Å². The van der Waals surface area contributed by atoms with Crippen molar-refractivity contribution in [2.45, 2.75) is 26.7 Å². The van der Waals surface area contributed by atoms with E-state index in [9.17, 15) is 18.9 Å². The maximum Gasteiger partial charge on any atom is 0.510 e. The highest BCUT2D eigenvalue weighted by Crippen LogP contribution is 2.49. The van der Waals surface area contributed by atoms with Crippen LogP contribution in [0.5, 0.6) is 0 Å². The minimum atomic E-state index is -4.22. The van der Waals surface area contributed by atoms with Crippen LogP contribution in [0.3, 0.4) is 0 Å². The number of carbonyl (C=O) groups is 3. The molecule has 14 heteroatoms. The summed E-state index contributed by atoms with van der Waals surface area (Å²) in [6.45, 7) is 2.02. The van der Waals surface area contributed by atoms with Crippen LogP contribution in [-0.2, 0) is 39.1 Å². The summed E-state index contributed by atoms with van der Waals surface area (Å²) < 4.78 is 43.4. The summed E-state index contributed by atoms with van der Waals surface area (Å²) in [6, 6.07) is 13.4. The molecule has 0 spiro atoms. The molecule has 37 heavy (non-hydrogen) atoms. The summed E-state index contributed by atoms with van der Waals surface area (Å²) >= 11 is 0. The van der Waals surface area contributed by atoms with Gasteiger partial charge in [-0.1, -0.05) is 30.3 Å². The van der Waals surface area contributed by atoms with Gasteiger partial charge >= 0.3 is 20.1 Å². The molecule has 0 saturated carbocycles. The molecule has 1 unspecified atom stereocenters. The van der Waals surface area contributed by atoms with Gasteiger partial charge in [-0.3, -0.25) is 23.7 Å². The standard InChI is InChI=1S/C23H26N3O10P/c1-15(2)36-23(29)33-14-35-37(30,32-4)34-13-26-19-11-10-17(20(27)16-8-6-5-7-9-16)12-18(19)24-21(26)25-22(28)31-3/h5-12,15H,13-14H2,1-4H3,(H,24,25,28). The maximum atomic E-state index is 12.8. The number of amides is 1. The van der Waals surface area contributed by atoms with Gasteiger partial charge in [0.1, 0.15) is 6.73 Å². The van der Waals surface area contributed by atoms with Gasteiger partial charge in [0.2, 0.25) is 12.7 Å². The molecule has 13 nitrogen and oxygen atoms in total. The fourth-order valence-corrected chi connectivity index (χ4v) is 3.76. The molecule has 1 N–H and O–H groups in total. The van der Waals surface area contributed by atoms with Crippen molar-refractivity contribution in [2.75, 3.05) is 26.3 Å². The van der Waals surface area contributed by atoms with Crippen molar-refractivity contribution < 1.29 is 46.7 Å². The summed E-state index contributed by atoms with van der Waals surface area (Å²) in [5.74, 6) is -0.241. The molecule has 0 aliphatic rings. The largest absolute Gasteiger partial charge is 0.510 e. The summed E-state index contributed by atoms with van der Waals surface area (Å²) in [6.07, 6.45) is -2.26. The number of nitrogens with one attached hydrogen (secondary N) is 1. The molecule has 198 valence electrons. The molecule has 0 aliphatic heterocycles. The number of ketones is 1. The van der Waals surface area contributed by atoms with Gasteiger partial charge in [-0.05, 0) is 32.0 Å². The Morgan fingerprint density at radius 1 is 1.03 bits per heavy atom. The summed E-state index contributed by atoms with van der Waals surface area (Å²) in [5, 5.41) is 2.43. The molecule has 0 bridgehead atoms. The zero-order chi connectivity index (χ0) is 27.0. The number of benzene rings is 2. The van der Waals surface area contributed by atoms with Crippen LogP contribution < -0.4 is 5.32 Å². The van der Waals surface area contributed by atoms with Crippen LogP contribution in [-0.4, -0.2) is 54.7 Å². The number of phosphoric ester groups is 1. The average Bonchev–Trinajstić information content (AvgIpc) is 3.22. The second-order valence-electron chi connectivity index (χ2n) is 7.57. The number of ether oxygens (including phenoxy) is 3. The Labute approximate surface area is 212 Å². The molecule has 3 rings (SSSR count). The van der Waals surface area contributed by atoms with Gasteiger partial charge in [-0.2, -0.15) is 0 Å². The lowest BCUT2D eigenvalue weighted by molar-refractivity contribution is -0.0240. The third kappa shape index (κ3) is 7.37. The molecule has 0 saturated heterocycles. The molecule has 0 radical (unpaired) electrons. The number of carbonyl (C=O) groups excluding carboxylic acids is 3. The van der Waals surface area contributed by atoms with E-state index in [1.54, 1.807) is 62.4 Å². The number of rotatable bonds is 11. The Kier molecular flexibility index (Phi) is 9.36. The molecule has 0 aliphatic carbocycles. The zero-order valence-corrected chi connectivity index (χ0v) is 21.4. The van der Waals surface area contributed by atoms with E-state index in [1.807, 2.05) is 0 Å². The lowest BCUT2D eigenvalue weighted by Gasteiger charge is -2.17. The van der Waals surface area contributed by atoms with E-state index in [1.165, 1.54) is 11.7 Å². The predicted molar refractivity (Wildman–Crippen MR) is 130 cm³/mol. The molecule has 1 aromatic heterocycles. The second-order valence-corrected chi connectivity index (χ2v) is 9.35. The van der Waals surface area contributed by atoms with Crippen molar-refractivity contribution in [3.05, 3.63) is 59.7 Å². The van der Waals surface area contributed by atoms with Gasteiger partial charge < -0.3 is 14.2 Å². The van der Waals surface area contributed by atoms with Crippen LogP contribution in [0.15, 0.2) is 48.5 Å². The van der Waals surface area contributed by atoms with Crippen molar-refractivity contribution >= 4 is 42.8 Å². The van der Waals surface area contributed by atoms with Crippen molar-refractivity contribution in [1.82, 2.24) is 9.55 Å². The van der Waals surface area contributed by atoms with Gasteiger partial charge in [-0.15, -0.1) is 0 Å². The number of nitrogens with zero attached hydrogens (tertiary/aromatic N) is 2. The first kappa shape index (κ1) is 27.8. The summed E-state index contributed by atoms with van der Waals surface area (Å²) in [5.41, 5.74) is 1.63. The number of aromatic nitrogens is 2. The van der Waals surface area contributed by atoms with E-state index in [2.05, 4.69) is 19.8 Å². The van der Waals surface area contributed by atoms with E-state index in [0.717, 1.165) is 7.11 Å². The zero-order valence-electron chi connectivity index (χ0n) is 20.5. The second kappa shape index (κ2) is 12.5. The topological polar surface area (TPSA) is 154 Å². The smallest absolute Gasteiger partial charge is 0.453 e. The minimum Gasteiger partial charge on any atom is -0.453 e. The van der Waals surface area contributed by atoms with Crippen molar-refractivity contribution in [3.63, 3.8) is 0 Å². The van der Waals surface area contributed by atoms with E-state index in [0.29, 0.717) is 22.2 Å². The molecule has 0 fully saturated rings. The van der Waals surface area contributed by atoms with Crippen LogP contribution in [0.2, 0.25) is 0 Å². The summed E-state index contributed by atoms with van der Waals surface area (Å²) in [7, 11) is -1.96. The number of anilines is 1. The first-order valence-electron chi connectivity index (χ1n) is 10.9. The number of methoxy groups -OCH3 is 1. The molecule has 1 heterocycles. The van der Waals surface area contributed by atoms with E-state index >= 15 is 0 Å². The van der Waals surface area contributed by atoms with Crippen LogP contribution in [0.1, 0.15) is 29.8 Å². The monoisotopic (exact) mass is 535 g/mol. The molecule has 3 aromatic rings. The molecule has 1 atom stereocenters. The normalized spacial score (nSPS) is 12.7. The van der Waals surface area contributed by atoms with E-state index in [4.69, 9.17) is 18.3 Å². The molecular weight excluding hydrogens is 509 g/mol. The minimum absolute atomic E-state index is 0.0226. The number of fused-ring (bicyclic) bond motifs is 1. The Balaban J connectivity index is 1.82. The number of imidazole rings is 1. The van der Waals surface area contributed by atoms with Crippen LogP contribution in [0.25, 0.3) is 11.0 Å². The molecule has 2 aromatic carbocycles. The van der Waals surface area contributed by atoms with Gasteiger partial charge in [0, 0.05) is 18.2 Å². The highest BCUT2D eigenvalue weighted by Gasteiger charge is 2.28. The van der Waals surface area contributed by atoms with Crippen molar-refractivity contribution in [1.29, 1.82) is 0 Å². The first-order valence-corrected chi connectivity index (χ1v) is 12.3. The average molecular weight is 535 g/mol.